The van der Waals surface area contributed by atoms with Gasteiger partial charge in [-0.1, -0.05) is 0 Å². The molecule has 0 aromatic carbocycles. The van der Waals surface area contributed by atoms with Crippen LogP contribution in [0.5, 0.6) is 0 Å². The molecule has 26 valence electrons. The smallest absolute Gasteiger partial charge is 0.358 e. The summed E-state index contributed by atoms with van der Waals surface area (Å²) in [6.45, 7) is 0. The fourth-order valence-corrected chi connectivity index (χ4v) is 0. The monoisotopic (exact) mass is 100.0 g/mol. The Hall–Kier alpha value is 1.12. The fourth-order valence-electron chi connectivity index (χ4n) is 0. The fraction of sp³-hybridized carbons (Fsp3) is 0. The Labute approximate surface area is 51.0 Å². The van der Waals surface area contributed by atoms with Crippen LogP contribution < -0.4 is 0 Å². The molecule has 0 aliphatic rings. The number of hydrogen-bond donors (Lipinski definition) is 0. The second kappa shape index (κ2) is 32.1. The minimum absolute atomic E-state index is 0. The molecule has 4 heavy (non-hydrogen) atoms. The quantitative estimate of drug-likeness (QED) is 0.308. The van der Waals surface area contributed by atoms with Crippen molar-refractivity contribution in [1.29, 1.82) is 0 Å². The Morgan fingerprint density at radius 2 is 0.750 bits per heavy atom. The molecule has 0 amide bonds. The minimum Gasteiger partial charge on any atom is -0.358 e. The summed E-state index contributed by atoms with van der Waals surface area (Å²) in [6, 6.07) is 0. The van der Waals surface area contributed by atoms with E-state index in [2.05, 4.69) is 0 Å². The third-order valence-corrected chi connectivity index (χ3v) is 0. The van der Waals surface area contributed by atoms with E-state index >= 15 is 0 Å². The molecule has 0 saturated carbocycles. The van der Waals surface area contributed by atoms with Crippen LogP contribution in [0, 0.1) is 14.9 Å². The van der Waals surface area contributed by atoms with Crippen LogP contribution in [-0.2, 0) is 17.1 Å². The van der Waals surface area contributed by atoms with E-state index in [1.165, 1.54) is 0 Å². The van der Waals surface area contributed by atoms with Gasteiger partial charge in [-0.25, -0.2) is 0 Å². The van der Waals surface area contributed by atoms with Gasteiger partial charge >= 0.3 is 17.1 Å². The molecule has 0 rings (SSSR count). The third-order valence-electron chi connectivity index (χ3n) is 0. The zero-order valence-electron chi connectivity index (χ0n) is 3.30. The van der Waals surface area contributed by atoms with Crippen LogP contribution in [0.1, 0.15) is 0 Å². The molecule has 0 atom stereocenters. The van der Waals surface area contributed by atoms with E-state index in [4.69, 9.17) is 0 Å². The molecule has 0 bridgehead atoms. The van der Waals surface area contributed by atoms with Gasteiger partial charge in [0.2, 0.25) is 0 Å². The molecule has 0 aromatic heterocycles. The normalized spacial score (nSPS) is 0. The van der Waals surface area contributed by atoms with E-state index in [1.807, 2.05) is 0 Å². The van der Waals surface area contributed by atoms with Crippen molar-refractivity contribution < 1.29 is 17.1 Å². The summed E-state index contributed by atoms with van der Waals surface area (Å²) in [4.78, 5) is 0. The Morgan fingerprint density at radius 1 is 0.750 bits per heavy atom. The van der Waals surface area contributed by atoms with E-state index in [9.17, 15) is 0 Å². The molecule has 0 N–H and O–H groups in total. The summed E-state index contributed by atoms with van der Waals surface area (Å²) < 4.78 is 0. The van der Waals surface area contributed by atoms with Crippen molar-refractivity contribution in [2.75, 3.05) is 0 Å². The maximum Gasteiger partial charge on any atom is 2.00 e. The van der Waals surface area contributed by atoms with Crippen LogP contribution in [0.2, 0.25) is 0 Å². The Bertz CT molecular complexity index is 6.00. The molecule has 0 saturated heterocycles. The summed E-state index contributed by atoms with van der Waals surface area (Å²) >= 11 is 0. The number of hydrogen-bond acceptors (Lipinski definition) is 0. The van der Waals surface area contributed by atoms with Crippen LogP contribution in [0.4, 0.5) is 0 Å². The SMILES string of the molecule is [CH3-].[CH3-].[Cu+2].[Li]. The van der Waals surface area contributed by atoms with Crippen LogP contribution in [0.15, 0.2) is 0 Å². The maximum absolute atomic E-state index is 0. The van der Waals surface area contributed by atoms with Crippen molar-refractivity contribution >= 4 is 18.9 Å². The van der Waals surface area contributed by atoms with E-state index in [1.54, 1.807) is 0 Å². The topological polar surface area (TPSA) is 0 Å². The average molecular weight is 101 g/mol. The molecule has 2 radical (unpaired) electrons. The van der Waals surface area contributed by atoms with Crippen LogP contribution in [-0.4, -0.2) is 18.9 Å². The van der Waals surface area contributed by atoms with Crippen molar-refractivity contribution in [2.24, 2.45) is 0 Å². The Balaban J connectivity index is 0. The van der Waals surface area contributed by atoms with Gasteiger partial charge in [-0.15, -0.1) is 0 Å². The third kappa shape index (κ3) is 11.2. The van der Waals surface area contributed by atoms with E-state index in [-0.39, 0.29) is 50.8 Å². The molecule has 0 aromatic rings. The first-order valence-electron chi connectivity index (χ1n) is 0. The molecule has 0 aliphatic heterocycles. The van der Waals surface area contributed by atoms with Gasteiger partial charge < -0.3 is 14.9 Å². The Morgan fingerprint density at radius 3 is 0.750 bits per heavy atom. The second-order valence-corrected chi connectivity index (χ2v) is 0. The summed E-state index contributed by atoms with van der Waals surface area (Å²) in [5.41, 5.74) is 0. The summed E-state index contributed by atoms with van der Waals surface area (Å²) in [5.74, 6) is 0. The van der Waals surface area contributed by atoms with Gasteiger partial charge in [-0.2, -0.15) is 0 Å². The molecule has 2 heteroatoms. The molecule has 0 heterocycles. The van der Waals surface area contributed by atoms with Gasteiger partial charge in [-0.05, 0) is 0 Å². The largest absolute Gasteiger partial charge is 2.00 e. The first-order chi connectivity index (χ1) is 0. The zero-order chi connectivity index (χ0) is 0. The van der Waals surface area contributed by atoms with Gasteiger partial charge in [0.15, 0.2) is 0 Å². The van der Waals surface area contributed by atoms with E-state index in [0.29, 0.717) is 0 Å². The van der Waals surface area contributed by atoms with Crippen molar-refractivity contribution in [1.82, 2.24) is 0 Å². The van der Waals surface area contributed by atoms with Crippen LogP contribution >= 0.6 is 0 Å². The van der Waals surface area contributed by atoms with Gasteiger partial charge in [0, 0.05) is 18.9 Å². The zero-order valence-corrected chi connectivity index (χ0v) is 4.24. The summed E-state index contributed by atoms with van der Waals surface area (Å²) in [5, 5.41) is 0. The predicted molar refractivity (Wildman–Crippen MR) is 18.6 cm³/mol. The van der Waals surface area contributed by atoms with E-state index in [0.717, 1.165) is 0 Å². The first kappa shape index (κ1) is 69.5. The van der Waals surface area contributed by atoms with Gasteiger partial charge in [0.1, 0.15) is 0 Å². The summed E-state index contributed by atoms with van der Waals surface area (Å²) in [7, 11) is 0. The first-order valence-corrected chi connectivity index (χ1v) is 0. The molecule has 0 fully saturated rings. The average Bonchev–Trinajstić information content (AvgIpc) is 0. The van der Waals surface area contributed by atoms with Gasteiger partial charge in [-0.3, -0.25) is 0 Å². The van der Waals surface area contributed by atoms with Crippen molar-refractivity contribution in [3.05, 3.63) is 14.9 Å². The van der Waals surface area contributed by atoms with Crippen LogP contribution in [0.25, 0.3) is 0 Å². The second-order valence-electron chi connectivity index (χ2n) is 0. The molecular formula is C2H6CuLi. The summed E-state index contributed by atoms with van der Waals surface area (Å²) in [6.07, 6.45) is 0. The maximum atomic E-state index is 0. The van der Waals surface area contributed by atoms with Gasteiger partial charge in [0.25, 0.3) is 0 Å². The van der Waals surface area contributed by atoms with Crippen LogP contribution in [0.3, 0.4) is 0 Å². The Kier molecular flexibility index (Phi) is 557. The van der Waals surface area contributed by atoms with Crippen molar-refractivity contribution in [3.8, 4) is 0 Å². The van der Waals surface area contributed by atoms with Gasteiger partial charge in [0.05, 0.1) is 0 Å². The number of rotatable bonds is 0. The van der Waals surface area contributed by atoms with Crippen molar-refractivity contribution in [2.45, 2.75) is 0 Å². The molecule has 0 aliphatic carbocycles. The van der Waals surface area contributed by atoms with E-state index < -0.39 is 0 Å². The molecular weight excluding hydrogens is 94.5 g/mol. The predicted octanol–water partition coefficient (Wildman–Crippen LogP) is 0.517. The van der Waals surface area contributed by atoms with Crippen molar-refractivity contribution in [3.63, 3.8) is 0 Å². The molecule has 0 spiro atoms. The standard InChI is InChI=1S/2CH3.Cu.Li/h2*1H3;;/q2*-1;+2;. The molecule has 0 nitrogen and oxygen atoms in total. The molecule has 0 unspecified atom stereocenters. The minimum atomic E-state index is 0.